The number of ether oxygens (including phenoxy) is 2. The molecular formula is C20H24N4O6S. The number of carbonyl (C=O) groups is 2. The molecule has 0 atom stereocenters. The second kappa shape index (κ2) is 9.29. The summed E-state index contributed by atoms with van der Waals surface area (Å²) in [5.41, 5.74) is 1.07. The second-order valence-electron chi connectivity index (χ2n) is 7.07. The molecule has 0 saturated carbocycles. The molecule has 31 heavy (non-hydrogen) atoms. The highest BCUT2D eigenvalue weighted by molar-refractivity contribution is 7.90. The number of aromatic nitrogens is 2. The zero-order valence-electron chi connectivity index (χ0n) is 17.5. The average Bonchev–Trinajstić information content (AvgIpc) is 3.10. The van der Waals surface area contributed by atoms with Crippen LogP contribution in [0.5, 0.6) is 11.5 Å². The Bertz CT molecular complexity index is 1090. The standard InChI is InChI=1S/C20H24N4O6S/c1-4-29-20(26)23-19-13(2)10-16(15(22-19)12-24-9-5-6-18(24)25)30-14-7-8-17(21-11-14)31(3,27)28/h7-8,10-11H,4-6,9,12H2,1-3H3,(H,22,23,26). The highest BCUT2D eigenvalue weighted by atomic mass is 32.2. The van der Waals surface area contributed by atoms with E-state index in [9.17, 15) is 18.0 Å². The minimum absolute atomic E-state index is 0.0207. The van der Waals surface area contributed by atoms with Gasteiger partial charge in [0.25, 0.3) is 0 Å². The van der Waals surface area contributed by atoms with E-state index in [2.05, 4.69) is 15.3 Å². The molecule has 0 unspecified atom stereocenters. The smallest absolute Gasteiger partial charge is 0.412 e. The van der Waals surface area contributed by atoms with Gasteiger partial charge in [-0.05, 0) is 44.0 Å². The number of sulfone groups is 1. The fourth-order valence-corrected chi connectivity index (χ4v) is 3.60. The summed E-state index contributed by atoms with van der Waals surface area (Å²) >= 11 is 0. The van der Waals surface area contributed by atoms with Gasteiger partial charge in [-0.3, -0.25) is 10.1 Å². The highest BCUT2D eigenvalue weighted by Gasteiger charge is 2.24. The van der Waals surface area contributed by atoms with Gasteiger partial charge in [0.15, 0.2) is 20.6 Å². The van der Waals surface area contributed by atoms with Gasteiger partial charge in [-0.25, -0.2) is 23.2 Å². The molecule has 10 nitrogen and oxygen atoms in total. The van der Waals surface area contributed by atoms with Crippen molar-refractivity contribution in [3.05, 3.63) is 35.7 Å². The van der Waals surface area contributed by atoms with E-state index in [1.807, 2.05) is 0 Å². The molecule has 1 saturated heterocycles. The summed E-state index contributed by atoms with van der Waals surface area (Å²) in [6.07, 6.45) is 3.00. The van der Waals surface area contributed by atoms with Crippen molar-refractivity contribution < 1.29 is 27.5 Å². The Balaban J connectivity index is 1.92. The van der Waals surface area contributed by atoms with Crippen LogP contribution in [0.1, 0.15) is 31.0 Å². The van der Waals surface area contributed by atoms with Crippen LogP contribution in [0.4, 0.5) is 10.6 Å². The minimum atomic E-state index is -3.43. The summed E-state index contributed by atoms with van der Waals surface area (Å²) in [7, 11) is -3.43. The van der Waals surface area contributed by atoms with Crippen LogP contribution in [0.15, 0.2) is 29.4 Å². The fourth-order valence-electron chi connectivity index (χ4n) is 3.04. The Morgan fingerprint density at radius 3 is 2.68 bits per heavy atom. The predicted molar refractivity (Wildman–Crippen MR) is 112 cm³/mol. The van der Waals surface area contributed by atoms with Gasteiger partial charge < -0.3 is 14.4 Å². The van der Waals surface area contributed by atoms with Gasteiger partial charge in [0.1, 0.15) is 17.3 Å². The number of likely N-dealkylation sites (tertiary alicyclic amines) is 1. The van der Waals surface area contributed by atoms with Crippen molar-refractivity contribution in [3.63, 3.8) is 0 Å². The lowest BCUT2D eigenvalue weighted by molar-refractivity contribution is -0.128. The Morgan fingerprint density at radius 2 is 2.10 bits per heavy atom. The van der Waals surface area contributed by atoms with Gasteiger partial charge in [0.05, 0.1) is 19.3 Å². The Hall–Kier alpha value is -3.21. The van der Waals surface area contributed by atoms with Crippen molar-refractivity contribution in [1.82, 2.24) is 14.9 Å². The van der Waals surface area contributed by atoms with Gasteiger partial charge in [-0.2, -0.15) is 0 Å². The van der Waals surface area contributed by atoms with Crippen LogP contribution in [-0.2, 0) is 25.9 Å². The molecule has 1 N–H and O–H groups in total. The van der Waals surface area contributed by atoms with Gasteiger partial charge in [0.2, 0.25) is 5.91 Å². The van der Waals surface area contributed by atoms with Crippen molar-refractivity contribution in [2.45, 2.75) is 38.3 Å². The van der Waals surface area contributed by atoms with Gasteiger partial charge >= 0.3 is 6.09 Å². The van der Waals surface area contributed by atoms with Crippen LogP contribution in [0, 0.1) is 6.92 Å². The van der Waals surface area contributed by atoms with Crippen LogP contribution < -0.4 is 10.1 Å². The predicted octanol–water partition coefficient (Wildman–Crippen LogP) is 2.67. The van der Waals surface area contributed by atoms with E-state index in [4.69, 9.17) is 9.47 Å². The number of pyridine rings is 2. The van der Waals surface area contributed by atoms with Gasteiger partial charge in [-0.1, -0.05) is 0 Å². The number of hydrogen-bond donors (Lipinski definition) is 1. The normalized spacial score (nSPS) is 13.9. The molecular weight excluding hydrogens is 424 g/mol. The topological polar surface area (TPSA) is 128 Å². The second-order valence-corrected chi connectivity index (χ2v) is 9.03. The SMILES string of the molecule is CCOC(=O)Nc1nc(CN2CCCC2=O)c(Oc2ccc(S(C)(=O)=O)nc2)cc1C. The highest BCUT2D eigenvalue weighted by Crippen LogP contribution is 2.30. The van der Waals surface area contributed by atoms with Gasteiger partial charge in [-0.15, -0.1) is 0 Å². The van der Waals surface area contributed by atoms with Gasteiger partial charge in [0, 0.05) is 19.2 Å². The molecule has 2 aromatic heterocycles. The van der Waals surface area contributed by atoms with E-state index in [1.54, 1.807) is 24.8 Å². The summed E-state index contributed by atoms with van der Waals surface area (Å²) in [5, 5.41) is 2.53. The first kappa shape index (κ1) is 22.5. The maximum Gasteiger partial charge on any atom is 0.412 e. The molecule has 1 fully saturated rings. The number of amides is 2. The van der Waals surface area contributed by atoms with Crippen LogP contribution in [-0.4, -0.2) is 54.7 Å². The Labute approximate surface area is 180 Å². The largest absolute Gasteiger partial charge is 0.454 e. The Morgan fingerprint density at radius 1 is 1.32 bits per heavy atom. The summed E-state index contributed by atoms with van der Waals surface area (Å²) in [6, 6.07) is 4.54. The molecule has 0 aromatic carbocycles. The molecule has 2 amide bonds. The maximum absolute atomic E-state index is 12.1. The van der Waals surface area contributed by atoms with Crippen LogP contribution >= 0.6 is 0 Å². The average molecular weight is 449 g/mol. The molecule has 0 bridgehead atoms. The number of nitrogens with one attached hydrogen (secondary N) is 1. The first-order valence-electron chi connectivity index (χ1n) is 9.73. The summed E-state index contributed by atoms with van der Waals surface area (Å²) in [4.78, 5) is 34.0. The van der Waals surface area contributed by atoms with E-state index >= 15 is 0 Å². The first-order valence-corrected chi connectivity index (χ1v) is 11.6. The lowest BCUT2D eigenvalue weighted by Crippen LogP contribution is -2.25. The molecule has 0 radical (unpaired) electrons. The lowest BCUT2D eigenvalue weighted by atomic mass is 10.2. The van der Waals surface area contributed by atoms with E-state index in [-0.39, 0.29) is 24.1 Å². The monoisotopic (exact) mass is 448 g/mol. The molecule has 3 heterocycles. The maximum atomic E-state index is 12.1. The van der Waals surface area contributed by atoms with Crippen LogP contribution in [0.25, 0.3) is 0 Å². The molecule has 1 aliphatic rings. The number of anilines is 1. The quantitative estimate of drug-likeness (QED) is 0.685. The number of aryl methyl sites for hydroxylation is 1. The fraction of sp³-hybridized carbons (Fsp3) is 0.400. The zero-order chi connectivity index (χ0) is 22.6. The molecule has 1 aliphatic heterocycles. The van der Waals surface area contributed by atoms with Crippen LogP contribution in [0.2, 0.25) is 0 Å². The molecule has 2 aromatic rings. The van der Waals surface area contributed by atoms with Crippen LogP contribution in [0.3, 0.4) is 0 Å². The third-order valence-electron chi connectivity index (χ3n) is 4.58. The Kier molecular flexibility index (Phi) is 6.74. The van der Waals surface area contributed by atoms with Crippen molar-refractivity contribution in [1.29, 1.82) is 0 Å². The van der Waals surface area contributed by atoms with Crippen molar-refractivity contribution in [2.75, 3.05) is 24.7 Å². The number of rotatable bonds is 7. The summed E-state index contributed by atoms with van der Waals surface area (Å²) < 4.78 is 34.0. The molecule has 166 valence electrons. The van der Waals surface area contributed by atoms with Crippen molar-refractivity contribution >= 4 is 27.7 Å². The minimum Gasteiger partial charge on any atom is -0.454 e. The third kappa shape index (κ3) is 5.69. The number of carbonyl (C=O) groups excluding carboxylic acids is 2. The molecule has 11 heteroatoms. The molecule has 3 rings (SSSR count). The van der Waals surface area contributed by atoms with Crippen molar-refractivity contribution in [3.8, 4) is 11.5 Å². The molecule has 0 spiro atoms. The number of nitrogens with zero attached hydrogens (tertiary/aromatic N) is 3. The van der Waals surface area contributed by atoms with E-state index in [0.29, 0.717) is 41.5 Å². The first-order chi connectivity index (χ1) is 14.7. The zero-order valence-corrected chi connectivity index (χ0v) is 18.4. The van der Waals surface area contributed by atoms with Crippen molar-refractivity contribution in [2.24, 2.45) is 0 Å². The van der Waals surface area contributed by atoms with E-state index in [1.165, 1.54) is 18.3 Å². The van der Waals surface area contributed by atoms with E-state index in [0.717, 1.165) is 12.7 Å². The summed E-state index contributed by atoms with van der Waals surface area (Å²) in [6.45, 7) is 4.49. The molecule has 0 aliphatic carbocycles. The third-order valence-corrected chi connectivity index (χ3v) is 5.58. The lowest BCUT2D eigenvalue weighted by Gasteiger charge is -2.19. The number of hydrogen-bond acceptors (Lipinski definition) is 8. The van der Waals surface area contributed by atoms with E-state index < -0.39 is 15.9 Å². The summed E-state index contributed by atoms with van der Waals surface area (Å²) in [5.74, 6) is 1.01.